The van der Waals surface area contributed by atoms with Crippen LogP contribution in [0.25, 0.3) is 11.0 Å². The monoisotopic (exact) mass is 241 g/mol. The lowest BCUT2D eigenvalue weighted by atomic mass is 10.1. The van der Waals surface area contributed by atoms with E-state index in [1.165, 1.54) is 10.7 Å². The molecule has 0 saturated heterocycles. The molecule has 0 fully saturated rings. The van der Waals surface area contributed by atoms with E-state index in [1.807, 2.05) is 13.8 Å². The van der Waals surface area contributed by atoms with Crippen molar-refractivity contribution in [2.75, 3.05) is 6.61 Å². The smallest absolute Gasteiger partial charge is 0.186 e. The topological polar surface area (TPSA) is 50.9 Å². The summed E-state index contributed by atoms with van der Waals surface area (Å²) >= 11 is 0. The molecule has 6 heteroatoms. The summed E-state index contributed by atoms with van der Waals surface area (Å²) in [5, 5.41) is 16.8. The molecule has 1 aromatic heterocycles. The molecule has 0 spiro atoms. The van der Waals surface area contributed by atoms with Gasteiger partial charge in [-0.15, -0.1) is 5.10 Å². The number of hydrogen-bond acceptors (Lipinski definition) is 3. The molecule has 0 saturated carbocycles. The molecule has 1 atom stereocenters. The van der Waals surface area contributed by atoms with E-state index in [0.717, 1.165) is 6.07 Å². The minimum Gasteiger partial charge on any atom is -0.394 e. The molecule has 0 bridgehead atoms. The van der Waals surface area contributed by atoms with Crippen LogP contribution in [-0.4, -0.2) is 26.7 Å². The quantitative estimate of drug-likeness (QED) is 0.892. The van der Waals surface area contributed by atoms with E-state index in [-0.39, 0.29) is 23.6 Å². The normalized spacial score (nSPS) is 13.5. The average molecular weight is 241 g/mol. The van der Waals surface area contributed by atoms with Gasteiger partial charge in [-0.1, -0.05) is 19.1 Å². The predicted molar refractivity (Wildman–Crippen MR) is 58.4 cm³/mol. The molecule has 1 unspecified atom stereocenters. The molecule has 1 aromatic carbocycles. The summed E-state index contributed by atoms with van der Waals surface area (Å²) in [4.78, 5) is 0. The Labute approximate surface area is 96.9 Å². The van der Waals surface area contributed by atoms with Crippen LogP contribution in [0.5, 0.6) is 0 Å². The summed E-state index contributed by atoms with van der Waals surface area (Å²) in [5.41, 5.74) is 0.278. The van der Waals surface area contributed by atoms with Gasteiger partial charge < -0.3 is 5.11 Å². The number of fused-ring (bicyclic) bond motifs is 1. The van der Waals surface area contributed by atoms with Crippen LogP contribution in [0.15, 0.2) is 12.1 Å². The predicted octanol–water partition coefficient (Wildman–Crippen LogP) is 1.90. The molecule has 0 aliphatic heterocycles. The number of nitrogens with zero attached hydrogens (tertiary/aromatic N) is 3. The van der Waals surface area contributed by atoms with Crippen molar-refractivity contribution in [2.24, 2.45) is 5.92 Å². The minimum absolute atomic E-state index is 0.00208. The molecule has 0 aliphatic carbocycles. The van der Waals surface area contributed by atoms with Crippen LogP contribution < -0.4 is 0 Å². The molecule has 2 rings (SSSR count). The highest BCUT2D eigenvalue weighted by molar-refractivity contribution is 5.75. The number of rotatable bonds is 3. The van der Waals surface area contributed by atoms with Gasteiger partial charge in [-0.3, -0.25) is 0 Å². The van der Waals surface area contributed by atoms with Crippen LogP contribution >= 0.6 is 0 Å². The average Bonchev–Trinajstić information content (AvgIpc) is 2.69. The Bertz CT molecular complexity index is 539. The van der Waals surface area contributed by atoms with Gasteiger partial charge in [0, 0.05) is 0 Å². The van der Waals surface area contributed by atoms with Crippen LogP contribution in [0.4, 0.5) is 8.78 Å². The Balaban J connectivity index is 2.66. The second-order valence-corrected chi connectivity index (χ2v) is 4.26. The zero-order valence-corrected chi connectivity index (χ0v) is 9.56. The fourth-order valence-electron chi connectivity index (χ4n) is 1.77. The third kappa shape index (κ3) is 1.88. The molecule has 4 nitrogen and oxygen atoms in total. The van der Waals surface area contributed by atoms with Crippen LogP contribution in [0.2, 0.25) is 0 Å². The number of benzene rings is 1. The van der Waals surface area contributed by atoms with Crippen molar-refractivity contribution in [2.45, 2.75) is 19.9 Å². The number of aliphatic hydroxyl groups excluding tert-OH is 1. The number of aliphatic hydroxyl groups is 1. The fourth-order valence-corrected chi connectivity index (χ4v) is 1.77. The van der Waals surface area contributed by atoms with Crippen LogP contribution in [0, 0.1) is 17.6 Å². The summed E-state index contributed by atoms with van der Waals surface area (Å²) < 4.78 is 28.1. The maximum absolute atomic E-state index is 13.7. The molecule has 17 heavy (non-hydrogen) atoms. The van der Waals surface area contributed by atoms with Gasteiger partial charge in [-0.05, 0) is 18.1 Å². The zero-order chi connectivity index (χ0) is 12.6. The first-order valence-electron chi connectivity index (χ1n) is 5.36. The van der Waals surface area contributed by atoms with Crippen molar-refractivity contribution in [3.8, 4) is 0 Å². The molecule has 1 heterocycles. The lowest BCUT2D eigenvalue weighted by Crippen LogP contribution is -2.20. The van der Waals surface area contributed by atoms with E-state index >= 15 is 0 Å². The standard InChI is InChI=1S/C11H13F2N3O/c1-6(2)9(5-17)16-11-8(14-15-16)4-3-7(12)10(11)13/h3-4,6,9,17H,5H2,1-2H3. The van der Waals surface area contributed by atoms with Gasteiger partial charge >= 0.3 is 0 Å². The van der Waals surface area contributed by atoms with Gasteiger partial charge in [0.1, 0.15) is 11.0 Å². The highest BCUT2D eigenvalue weighted by Gasteiger charge is 2.22. The maximum atomic E-state index is 13.7. The van der Waals surface area contributed by atoms with Crippen LogP contribution in [0.3, 0.4) is 0 Å². The van der Waals surface area contributed by atoms with Crippen LogP contribution in [0.1, 0.15) is 19.9 Å². The van der Waals surface area contributed by atoms with Gasteiger partial charge in [-0.2, -0.15) is 0 Å². The molecule has 0 amide bonds. The summed E-state index contributed by atoms with van der Waals surface area (Å²) in [6, 6.07) is 1.96. The molecule has 2 aromatic rings. The fraction of sp³-hybridized carbons (Fsp3) is 0.455. The molecule has 0 aliphatic rings. The zero-order valence-electron chi connectivity index (χ0n) is 9.56. The third-order valence-corrected chi connectivity index (χ3v) is 2.80. The Morgan fingerprint density at radius 2 is 2.06 bits per heavy atom. The molecule has 1 N–H and O–H groups in total. The van der Waals surface area contributed by atoms with Crippen molar-refractivity contribution in [1.82, 2.24) is 15.0 Å². The van der Waals surface area contributed by atoms with E-state index in [0.29, 0.717) is 0 Å². The summed E-state index contributed by atoms with van der Waals surface area (Å²) in [7, 11) is 0. The van der Waals surface area contributed by atoms with Gasteiger partial charge in [0.25, 0.3) is 0 Å². The van der Waals surface area contributed by atoms with Crippen LogP contribution in [-0.2, 0) is 0 Å². The third-order valence-electron chi connectivity index (χ3n) is 2.80. The number of aromatic nitrogens is 3. The Morgan fingerprint density at radius 1 is 1.35 bits per heavy atom. The molecule has 0 radical (unpaired) electrons. The molecule has 92 valence electrons. The van der Waals surface area contributed by atoms with Gasteiger partial charge in [0.05, 0.1) is 12.6 Å². The summed E-state index contributed by atoms with van der Waals surface area (Å²) in [6.45, 7) is 3.53. The molecular formula is C11H13F2N3O. The first kappa shape index (κ1) is 11.9. The maximum Gasteiger partial charge on any atom is 0.186 e. The van der Waals surface area contributed by atoms with E-state index in [4.69, 9.17) is 0 Å². The first-order valence-corrected chi connectivity index (χ1v) is 5.36. The van der Waals surface area contributed by atoms with E-state index in [2.05, 4.69) is 10.3 Å². The van der Waals surface area contributed by atoms with Gasteiger partial charge in [0.15, 0.2) is 11.6 Å². The van der Waals surface area contributed by atoms with Crippen molar-refractivity contribution >= 4 is 11.0 Å². The highest BCUT2D eigenvalue weighted by atomic mass is 19.2. The Kier molecular flexibility index (Phi) is 3.06. The van der Waals surface area contributed by atoms with E-state index in [9.17, 15) is 13.9 Å². The highest BCUT2D eigenvalue weighted by Crippen LogP contribution is 2.24. The van der Waals surface area contributed by atoms with E-state index < -0.39 is 17.7 Å². The lowest BCUT2D eigenvalue weighted by molar-refractivity contribution is 0.183. The lowest BCUT2D eigenvalue weighted by Gasteiger charge is -2.18. The number of hydrogen-bond donors (Lipinski definition) is 1. The van der Waals surface area contributed by atoms with Crippen molar-refractivity contribution in [3.05, 3.63) is 23.8 Å². The number of halogens is 2. The van der Waals surface area contributed by atoms with Gasteiger partial charge in [0.2, 0.25) is 0 Å². The second kappa shape index (κ2) is 4.37. The molecular weight excluding hydrogens is 228 g/mol. The second-order valence-electron chi connectivity index (χ2n) is 4.26. The summed E-state index contributed by atoms with van der Waals surface area (Å²) in [6.07, 6.45) is 0. The Morgan fingerprint density at radius 3 is 2.65 bits per heavy atom. The van der Waals surface area contributed by atoms with E-state index in [1.54, 1.807) is 0 Å². The van der Waals surface area contributed by atoms with Crippen molar-refractivity contribution in [1.29, 1.82) is 0 Å². The Hall–Kier alpha value is -1.56. The SMILES string of the molecule is CC(C)C(CO)n1nnc2ccc(F)c(F)c21. The van der Waals surface area contributed by atoms with Gasteiger partial charge in [-0.25, -0.2) is 13.5 Å². The largest absolute Gasteiger partial charge is 0.394 e. The first-order chi connectivity index (χ1) is 8.06. The summed E-state index contributed by atoms with van der Waals surface area (Å²) in [5.74, 6) is -1.89. The minimum atomic E-state index is -0.980. The van der Waals surface area contributed by atoms with Crippen molar-refractivity contribution < 1.29 is 13.9 Å². The van der Waals surface area contributed by atoms with Crippen molar-refractivity contribution in [3.63, 3.8) is 0 Å².